The van der Waals surface area contributed by atoms with Crippen molar-refractivity contribution in [2.75, 3.05) is 5.32 Å². The Kier molecular flexibility index (Phi) is 7.72. The number of esters is 1. The second-order valence-corrected chi connectivity index (χ2v) is 7.11. The van der Waals surface area contributed by atoms with Crippen molar-refractivity contribution >= 4 is 41.3 Å². The largest absolute Gasteiger partial charge is 0.423 e. The van der Waals surface area contributed by atoms with E-state index >= 15 is 0 Å². The summed E-state index contributed by atoms with van der Waals surface area (Å²) in [7, 11) is 0. The number of rotatable bonds is 6. The molecule has 0 radical (unpaired) electrons. The first-order valence-electron chi connectivity index (χ1n) is 9.75. The Balaban J connectivity index is 1.54. The Morgan fingerprint density at radius 3 is 2.38 bits per heavy atom. The van der Waals surface area contributed by atoms with Crippen LogP contribution in [0.5, 0.6) is 5.75 Å². The zero-order chi connectivity index (χ0) is 22.9. The number of ether oxygens (including phenoxy) is 1. The Morgan fingerprint density at radius 1 is 0.969 bits per heavy atom. The Morgan fingerprint density at radius 2 is 1.69 bits per heavy atom. The molecule has 0 unspecified atom stereocenters. The first-order valence-corrected chi connectivity index (χ1v) is 10.1. The summed E-state index contributed by atoms with van der Waals surface area (Å²) < 4.78 is 5.33. The van der Waals surface area contributed by atoms with E-state index in [0.717, 1.165) is 12.0 Å². The van der Waals surface area contributed by atoms with Gasteiger partial charge in [0.1, 0.15) is 5.75 Å². The van der Waals surface area contributed by atoms with Crippen LogP contribution < -0.4 is 15.5 Å². The lowest BCUT2D eigenvalue weighted by molar-refractivity contribution is -0.136. The molecular formula is C24H20ClN3O4. The molecule has 2 N–H and O–H groups in total. The summed E-state index contributed by atoms with van der Waals surface area (Å²) in [5, 5.41) is 6.80. The van der Waals surface area contributed by atoms with Crippen LogP contribution in [0, 0.1) is 0 Å². The minimum atomic E-state index is -0.911. The van der Waals surface area contributed by atoms with E-state index in [-0.39, 0.29) is 0 Å². The van der Waals surface area contributed by atoms with Crippen LogP contribution in [-0.4, -0.2) is 24.0 Å². The molecule has 0 saturated heterocycles. The van der Waals surface area contributed by atoms with Gasteiger partial charge in [0, 0.05) is 10.7 Å². The predicted molar refractivity (Wildman–Crippen MR) is 123 cm³/mol. The first kappa shape index (κ1) is 22.7. The SMILES string of the molecule is CCc1ccc(NC(=O)C(=O)NN=Cc2cccc(OC(=O)c3ccc(Cl)cc3)c2)cc1. The summed E-state index contributed by atoms with van der Waals surface area (Å²) >= 11 is 5.82. The second-order valence-electron chi connectivity index (χ2n) is 6.67. The highest BCUT2D eigenvalue weighted by molar-refractivity contribution is 6.39. The standard InChI is InChI=1S/C24H20ClN3O4/c1-2-16-6-12-20(13-7-16)27-22(29)23(30)28-26-15-17-4-3-5-21(14-17)32-24(31)18-8-10-19(25)11-9-18/h3-15H,2H2,1H3,(H,27,29)(H,28,30). The van der Waals surface area contributed by atoms with Crippen molar-refractivity contribution in [1.82, 2.24) is 5.43 Å². The maximum Gasteiger partial charge on any atom is 0.343 e. The normalized spacial score (nSPS) is 10.6. The van der Waals surface area contributed by atoms with Crippen molar-refractivity contribution in [1.29, 1.82) is 0 Å². The number of carbonyl (C=O) groups is 3. The van der Waals surface area contributed by atoms with Gasteiger partial charge in [-0.05, 0) is 66.1 Å². The van der Waals surface area contributed by atoms with Crippen LogP contribution in [0.4, 0.5) is 5.69 Å². The molecule has 3 aromatic rings. The Hall–Kier alpha value is -3.97. The van der Waals surface area contributed by atoms with Crippen LogP contribution in [0.15, 0.2) is 77.9 Å². The van der Waals surface area contributed by atoms with Gasteiger partial charge in [-0.15, -0.1) is 0 Å². The van der Waals surface area contributed by atoms with Gasteiger partial charge in [-0.25, -0.2) is 10.2 Å². The lowest BCUT2D eigenvalue weighted by Crippen LogP contribution is -2.32. The summed E-state index contributed by atoms with van der Waals surface area (Å²) in [6, 6.07) is 20.1. The summed E-state index contributed by atoms with van der Waals surface area (Å²) in [6.45, 7) is 2.03. The number of amides is 2. The highest BCUT2D eigenvalue weighted by Gasteiger charge is 2.13. The maximum absolute atomic E-state index is 12.2. The molecule has 0 saturated carbocycles. The Labute approximate surface area is 190 Å². The topological polar surface area (TPSA) is 96.9 Å². The van der Waals surface area contributed by atoms with Gasteiger partial charge in [0.2, 0.25) is 0 Å². The smallest absolute Gasteiger partial charge is 0.343 e. The molecule has 2 amide bonds. The van der Waals surface area contributed by atoms with E-state index < -0.39 is 17.8 Å². The van der Waals surface area contributed by atoms with Crippen molar-refractivity contribution in [2.45, 2.75) is 13.3 Å². The number of benzene rings is 3. The minimum Gasteiger partial charge on any atom is -0.423 e. The molecular weight excluding hydrogens is 430 g/mol. The summed E-state index contributed by atoms with van der Waals surface area (Å²) in [5.41, 5.74) is 4.72. The number of hydrogen-bond donors (Lipinski definition) is 2. The average molecular weight is 450 g/mol. The van der Waals surface area contributed by atoms with Gasteiger partial charge >= 0.3 is 17.8 Å². The zero-order valence-corrected chi connectivity index (χ0v) is 17.9. The molecule has 0 aliphatic rings. The zero-order valence-electron chi connectivity index (χ0n) is 17.2. The van der Waals surface area contributed by atoms with Gasteiger partial charge in [-0.2, -0.15) is 5.10 Å². The third kappa shape index (κ3) is 6.52. The number of nitrogens with zero attached hydrogens (tertiary/aromatic N) is 1. The van der Waals surface area contributed by atoms with E-state index in [1.54, 1.807) is 60.7 Å². The van der Waals surface area contributed by atoms with Crippen molar-refractivity contribution < 1.29 is 19.1 Å². The first-order chi connectivity index (χ1) is 15.4. The molecule has 0 aliphatic carbocycles. The lowest BCUT2D eigenvalue weighted by Gasteiger charge is -2.06. The van der Waals surface area contributed by atoms with E-state index in [4.69, 9.17) is 16.3 Å². The Bertz CT molecular complexity index is 1140. The van der Waals surface area contributed by atoms with E-state index in [9.17, 15) is 14.4 Å². The van der Waals surface area contributed by atoms with Crippen LogP contribution >= 0.6 is 11.6 Å². The number of hydrazone groups is 1. The third-order valence-corrected chi connectivity index (χ3v) is 4.61. The number of anilines is 1. The number of aryl methyl sites for hydroxylation is 1. The van der Waals surface area contributed by atoms with Gasteiger partial charge in [0.05, 0.1) is 11.8 Å². The van der Waals surface area contributed by atoms with Gasteiger partial charge in [0.15, 0.2) is 0 Å². The molecule has 0 bridgehead atoms. The van der Waals surface area contributed by atoms with E-state index in [1.165, 1.54) is 6.21 Å². The van der Waals surface area contributed by atoms with E-state index in [2.05, 4.69) is 15.8 Å². The number of nitrogens with one attached hydrogen (secondary N) is 2. The molecule has 0 aromatic heterocycles. The molecule has 8 heteroatoms. The van der Waals surface area contributed by atoms with Crippen molar-refractivity contribution in [3.63, 3.8) is 0 Å². The van der Waals surface area contributed by atoms with Gasteiger partial charge < -0.3 is 10.1 Å². The highest BCUT2D eigenvalue weighted by atomic mass is 35.5. The molecule has 0 spiro atoms. The average Bonchev–Trinajstić information content (AvgIpc) is 2.80. The maximum atomic E-state index is 12.2. The highest BCUT2D eigenvalue weighted by Crippen LogP contribution is 2.16. The van der Waals surface area contributed by atoms with Crippen molar-refractivity contribution in [2.24, 2.45) is 5.10 Å². The number of hydrogen-bond acceptors (Lipinski definition) is 5. The van der Waals surface area contributed by atoms with Crippen LogP contribution in [0.1, 0.15) is 28.4 Å². The molecule has 0 fully saturated rings. The fourth-order valence-electron chi connectivity index (χ4n) is 2.64. The predicted octanol–water partition coefficient (Wildman–Crippen LogP) is 4.21. The molecule has 3 rings (SSSR count). The van der Waals surface area contributed by atoms with Gasteiger partial charge in [0.25, 0.3) is 0 Å². The van der Waals surface area contributed by atoms with Gasteiger partial charge in [-0.3, -0.25) is 9.59 Å². The summed E-state index contributed by atoms with van der Waals surface area (Å²) in [6.07, 6.45) is 2.21. The fourth-order valence-corrected chi connectivity index (χ4v) is 2.76. The molecule has 0 heterocycles. The van der Waals surface area contributed by atoms with Crippen LogP contribution in [0.25, 0.3) is 0 Å². The molecule has 0 aliphatic heterocycles. The van der Waals surface area contributed by atoms with Crippen molar-refractivity contribution in [3.8, 4) is 5.75 Å². The summed E-state index contributed by atoms with van der Waals surface area (Å²) in [4.78, 5) is 36.1. The van der Waals surface area contributed by atoms with Crippen LogP contribution in [-0.2, 0) is 16.0 Å². The molecule has 0 atom stereocenters. The molecule has 3 aromatic carbocycles. The monoisotopic (exact) mass is 449 g/mol. The van der Waals surface area contributed by atoms with Crippen molar-refractivity contribution in [3.05, 3.63) is 94.5 Å². The summed E-state index contributed by atoms with van der Waals surface area (Å²) in [5.74, 6) is -1.98. The van der Waals surface area contributed by atoms with Crippen LogP contribution in [0.2, 0.25) is 5.02 Å². The quantitative estimate of drug-likeness (QED) is 0.194. The van der Waals surface area contributed by atoms with Crippen LogP contribution in [0.3, 0.4) is 0 Å². The molecule has 162 valence electrons. The number of carbonyl (C=O) groups excluding carboxylic acids is 3. The third-order valence-electron chi connectivity index (χ3n) is 4.35. The van der Waals surface area contributed by atoms with E-state index in [1.807, 2.05) is 19.1 Å². The lowest BCUT2D eigenvalue weighted by atomic mass is 10.1. The molecule has 7 nitrogen and oxygen atoms in total. The molecule has 32 heavy (non-hydrogen) atoms. The fraction of sp³-hybridized carbons (Fsp3) is 0.0833. The second kappa shape index (κ2) is 10.9. The number of halogens is 1. The van der Waals surface area contributed by atoms with E-state index in [0.29, 0.717) is 27.6 Å². The van der Waals surface area contributed by atoms with Gasteiger partial charge in [-0.1, -0.05) is 42.8 Å². The minimum absolute atomic E-state index is 0.300.